The summed E-state index contributed by atoms with van der Waals surface area (Å²) in [7, 11) is 1.35. The molecule has 0 spiro atoms. The molecule has 2 heterocycles. The molecule has 0 bridgehead atoms. The summed E-state index contributed by atoms with van der Waals surface area (Å²) in [5, 5.41) is 2.77. The Balaban J connectivity index is 1.97. The highest BCUT2D eigenvalue weighted by molar-refractivity contribution is 5.67. The highest BCUT2D eigenvalue weighted by Crippen LogP contribution is 2.19. The van der Waals surface area contributed by atoms with Crippen LogP contribution in [0.25, 0.3) is 0 Å². The monoisotopic (exact) mass is 252 g/mol. The van der Waals surface area contributed by atoms with Crippen LogP contribution in [-0.4, -0.2) is 42.3 Å². The van der Waals surface area contributed by atoms with E-state index in [1.54, 1.807) is 6.07 Å². The van der Waals surface area contributed by atoms with Gasteiger partial charge in [-0.25, -0.2) is 20.6 Å². The molecule has 8 heteroatoms. The van der Waals surface area contributed by atoms with Crippen LogP contribution < -0.4 is 21.5 Å². The zero-order valence-electron chi connectivity index (χ0n) is 10.1. The van der Waals surface area contributed by atoms with Crippen molar-refractivity contribution >= 4 is 17.7 Å². The average molecular weight is 252 g/mol. The van der Waals surface area contributed by atoms with E-state index < -0.39 is 6.09 Å². The minimum atomic E-state index is -0.408. The Kier molecular flexibility index (Phi) is 3.78. The van der Waals surface area contributed by atoms with Crippen molar-refractivity contribution in [2.75, 3.05) is 30.5 Å². The van der Waals surface area contributed by atoms with Gasteiger partial charge in [-0.1, -0.05) is 0 Å². The maximum Gasteiger partial charge on any atom is 0.407 e. The number of aromatic nitrogens is 2. The Morgan fingerprint density at radius 3 is 3.17 bits per heavy atom. The van der Waals surface area contributed by atoms with Gasteiger partial charge in [0.2, 0.25) is 0 Å². The number of rotatable bonds is 3. The van der Waals surface area contributed by atoms with Crippen LogP contribution in [0.5, 0.6) is 0 Å². The summed E-state index contributed by atoms with van der Waals surface area (Å²) in [5.41, 5.74) is 2.48. The van der Waals surface area contributed by atoms with E-state index >= 15 is 0 Å². The molecule has 1 amide bonds. The summed E-state index contributed by atoms with van der Waals surface area (Å²) in [4.78, 5) is 21.3. The van der Waals surface area contributed by atoms with Crippen LogP contribution in [0.3, 0.4) is 0 Å². The predicted molar refractivity (Wildman–Crippen MR) is 66.0 cm³/mol. The zero-order valence-corrected chi connectivity index (χ0v) is 10.1. The SMILES string of the molecule is COC(=O)NC1CCN(c2cc(NN)ncn2)C1. The van der Waals surface area contributed by atoms with E-state index in [0.29, 0.717) is 12.4 Å². The lowest BCUT2D eigenvalue weighted by molar-refractivity contribution is 0.167. The van der Waals surface area contributed by atoms with Crippen molar-refractivity contribution in [3.63, 3.8) is 0 Å². The second-order valence-corrected chi connectivity index (χ2v) is 3.97. The van der Waals surface area contributed by atoms with Crippen molar-refractivity contribution in [1.82, 2.24) is 15.3 Å². The molecule has 1 fully saturated rings. The molecule has 8 nitrogen and oxygen atoms in total. The number of amides is 1. The Labute approximate surface area is 104 Å². The van der Waals surface area contributed by atoms with Crippen molar-refractivity contribution in [2.24, 2.45) is 5.84 Å². The second-order valence-electron chi connectivity index (χ2n) is 3.97. The van der Waals surface area contributed by atoms with Crippen LogP contribution >= 0.6 is 0 Å². The van der Waals surface area contributed by atoms with Gasteiger partial charge in [-0.15, -0.1) is 0 Å². The molecular weight excluding hydrogens is 236 g/mol. The smallest absolute Gasteiger partial charge is 0.407 e. The van der Waals surface area contributed by atoms with Gasteiger partial charge in [-0.3, -0.25) is 0 Å². The van der Waals surface area contributed by atoms with Crippen LogP contribution in [0.15, 0.2) is 12.4 Å². The van der Waals surface area contributed by atoms with Crippen LogP contribution in [0.4, 0.5) is 16.4 Å². The number of hydrogen-bond acceptors (Lipinski definition) is 7. The van der Waals surface area contributed by atoms with E-state index in [9.17, 15) is 4.79 Å². The zero-order chi connectivity index (χ0) is 13.0. The molecule has 4 N–H and O–H groups in total. The molecule has 1 atom stereocenters. The lowest BCUT2D eigenvalue weighted by Gasteiger charge is -2.17. The fourth-order valence-corrected chi connectivity index (χ4v) is 1.91. The van der Waals surface area contributed by atoms with Gasteiger partial charge in [0.25, 0.3) is 0 Å². The lowest BCUT2D eigenvalue weighted by atomic mass is 10.3. The minimum Gasteiger partial charge on any atom is -0.453 e. The molecular formula is C10H16N6O2. The van der Waals surface area contributed by atoms with Crippen LogP contribution in [-0.2, 0) is 4.74 Å². The Hall–Kier alpha value is -2.09. The number of methoxy groups -OCH3 is 1. The van der Waals surface area contributed by atoms with Crippen LogP contribution in [0.2, 0.25) is 0 Å². The van der Waals surface area contributed by atoms with Crippen molar-refractivity contribution in [3.8, 4) is 0 Å². The molecule has 98 valence electrons. The first-order chi connectivity index (χ1) is 8.72. The van der Waals surface area contributed by atoms with E-state index in [0.717, 1.165) is 18.8 Å². The normalized spacial score (nSPS) is 18.6. The highest BCUT2D eigenvalue weighted by Gasteiger charge is 2.25. The number of nitrogens with one attached hydrogen (secondary N) is 2. The van der Waals surface area contributed by atoms with Gasteiger partial charge in [-0.05, 0) is 6.42 Å². The van der Waals surface area contributed by atoms with Gasteiger partial charge in [-0.2, -0.15) is 0 Å². The maximum atomic E-state index is 11.1. The van der Waals surface area contributed by atoms with Crippen LogP contribution in [0, 0.1) is 0 Å². The molecule has 1 aliphatic rings. The average Bonchev–Trinajstić information content (AvgIpc) is 2.87. The summed E-state index contributed by atoms with van der Waals surface area (Å²) in [5.74, 6) is 6.64. The number of nitrogen functional groups attached to an aromatic ring is 1. The number of ether oxygens (including phenoxy) is 1. The van der Waals surface area contributed by atoms with Crippen LogP contribution in [0.1, 0.15) is 6.42 Å². The number of hydrogen-bond donors (Lipinski definition) is 3. The highest BCUT2D eigenvalue weighted by atomic mass is 16.5. The first-order valence-electron chi connectivity index (χ1n) is 5.61. The molecule has 2 rings (SSSR count). The molecule has 0 saturated carbocycles. The molecule has 0 aliphatic carbocycles. The van der Waals surface area contributed by atoms with Crippen molar-refractivity contribution in [2.45, 2.75) is 12.5 Å². The molecule has 1 saturated heterocycles. The van der Waals surface area contributed by atoms with Crippen molar-refractivity contribution in [3.05, 3.63) is 12.4 Å². The Morgan fingerprint density at radius 1 is 1.61 bits per heavy atom. The number of hydrazine groups is 1. The predicted octanol–water partition coefficient (Wildman–Crippen LogP) is -0.303. The molecule has 0 radical (unpaired) electrons. The maximum absolute atomic E-state index is 11.1. The number of carbonyl (C=O) groups excluding carboxylic acids is 1. The number of alkyl carbamates (subject to hydrolysis) is 1. The number of nitrogens with two attached hydrogens (primary N) is 1. The van der Waals surface area contributed by atoms with E-state index in [1.807, 2.05) is 0 Å². The molecule has 1 aromatic rings. The van der Waals surface area contributed by atoms with Crippen molar-refractivity contribution < 1.29 is 9.53 Å². The Morgan fingerprint density at radius 2 is 2.44 bits per heavy atom. The topological polar surface area (TPSA) is 105 Å². The molecule has 1 aromatic heterocycles. The van der Waals surface area contributed by atoms with Gasteiger partial charge >= 0.3 is 6.09 Å². The Bertz CT molecular complexity index is 427. The molecule has 0 aromatic carbocycles. The summed E-state index contributed by atoms with van der Waals surface area (Å²) >= 11 is 0. The van der Waals surface area contributed by atoms with E-state index in [4.69, 9.17) is 5.84 Å². The van der Waals surface area contributed by atoms with Crippen molar-refractivity contribution in [1.29, 1.82) is 0 Å². The standard InChI is InChI=1S/C10H16N6O2/c1-18-10(17)14-7-2-3-16(5-7)9-4-8(15-11)12-6-13-9/h4,6-7H,2-3,5,11H2,1H3,(H,14,17)(H,12,13,15). The molecule has 1 unspecified atom stereocenters. The largest absolute Gasteiger partial charge is 0.453 e. The fourth-order valence-electron chi connectivity index (χ4n) is 1.91. The van der Waals surface area contributed by atoms with Gasteiger partial charge < -0.3 is 20.4 Å². The third-order valence-electron chi connectivity index (χ3n) is 2.82. The summed E-state index contributed by atoms with van der Waals surface area (Å²) in [6, 6.07) is 1.84. The first kappa shape index (κ1) is 12.4. The van der Waals surface area contributed by atoms with E-state index in [2.05, 4.69) is 30.3 Å². The summed E-state index contributed by atoms with van der Waals surface area (Å²) in [6.07, 6.45) is 1.89. The number of anilines is 2. The van der Waals surface area contributed by atoms with E-state index in [1.165, 1.54) is 13.4 Å². The quantitative estimate of drug-likeness (QED) is 0.501. The minimum absolute atomic E-state index is 0.0710. The fraction of sp³-hybridized carbons (Fsp3) is 0.500. The summed E-state index contributed by atoms with van der Waals surface area (Å²) < 4.78 is 4.57. The third kappa shape index (κ3) is 2.77. The van der Waals surface area contributed by atoms with Gasteiger partial charge in [0.15, 0.2) is 0 Å². The molecule has 1 aliphatic heterocycles. The first-order valence-corrected chi connectivity index (χ1v) is 5.61. The lowest BCUT2D eigenvalue weighted by Crippen LogP contribution is -2.37. The third-order valence-corrected chi connectivity index (χ3v) is 2.82. The van der Waals surface area contributed by atoms with Gasteiger partial charge in [0, 0.05) is 19.2 Å². The summed E-state index contributed by atoms with van der Waals surface area (Å²) in [6.45, 7) is 1.51. The number of nitrogens with zero attached hydrogens (tertiary/aromatic N) is 3. The molecule has 18 heavy (non-hydrogen) atoms. The number of carbonyl (C=O) groups is 1. The van der Waals surface area contributed by atoms with Gasteiger partial charge in [0.05, 0.1) is 13.2 Å². The van der Waals surface area contributed by atoms with Gasteiger partial charge in [0.1, 0.15) is 18.0 Å². The van der Waals surface area contributed by atoms with E-state index in [-0.39, 0.29) is 6.04 Å². The second kappa shape index (κ2) is 5.50.